The maximum Gasteiger partial charge on any atom is 0.268 e. The summed E-state index contributed by atoms with van der Waals surface area (Å²) >= 11 is 0. The fourth-order valence-corrected chi connectivity index (χ4v) is 0.447. The molecule has 4 N–H and O–H groups in total. The summed E-state index contributed by atoms with van der Waals surface area (Å²) < 4.78 is 27.3. The molecule has 9 heavy (non-hydrogen) atoms. The Bertz CT molecular complexity index is 152. The lowest BCUT2D eigenvalue weighted by molar-refractivity contribution is 0.487. The standard InChI is InChI=1S/C3H6O3S.FH.H3N/c1-2-3-7(4,5)6;;/h2H,1,3H2,(H,4,5,6);1H;1H3. The molecule has 0 radical (unpaired) electrons. The number of halogens is 1. The lowest BCUT2D eigenvalue weighted by atomic mass is 10.8. The van der Waals surface area contributed by atoms with Crippen molar-refractivity contribution in [3.63, 3.8) is 0 Å². The van der Waals surface area contributed by atoms with Crippen molar-refractivity contribution in [3.05, 3.63) is 12.7 Å². The van der Waals surface area contributed by atoms with E-state index in [1.165, 1.54) is 0 Å². The molecule has 0 aromatic rings. The molecule has 0 rings (SSSR count). The molecule has 0 fully saturated rings. The van der Waals surface area contributed by atoms with Gasteiger partial charge in [-0.25, -0.2) is 0 Å². The average molecular weight is 159 g/mol. The Kier molecular flexibility index (Phi) is 9.97. The van der Waals surface area contributed by atoms with Gasteiger partial charge in [0.2, 0.25) is 0 Å². The van der Waals surface area contributed by atoms with Crippen molar-refractivity contribution in [1.82, 2.24) is 6.15 Å². The average Bonchev–Trinajstić information content (AvgIpc) is 1.30. The van der Waals surface area contributed by atoms with Gasteiger partial charge in [-0.3, -0.25) is 9.26 Å². The van der Waals surface area contributed by atoms with Gasteiger partial charge in [-0.2, -0.15) is 8.42 Å². The van der Waals surface area contributed by atoms with Crippen molar-refractivity contribution in [2.24, 2.45) is 0 Å². The van der Waals surface area contributed by atoms with Crippen LogP contribution in [0.2, 0.25) is 0 Å². The van der Waals surface area contributed by atoms with Crippen molar-refractivity contribution < 1.29 is 17.7 Å². The first kappa shape index (κ1) is 15.8. The molecule has 0 aromatic heterocycles. The normalized spacial score (nSPS) is 8.56. The third kappa shape index (κ3) is 18.5. The second kappa shape index (κ2) is 5.67. The van der Waals surface area contributed by atoms with Gasteiger partial charge in [0.15, 0.2) is 0 Å². The fourth-order valence-electron chi connectivity index (χ4n) is 0.149. The summed E-state index contributed by atoms with van der Waals surface area (Å²) in [6.07, 6.45) is 1.12. The quantitative estimate of drug-likeness (QED) is 0.450. The number of hydrogen-bond acceptors (Lipinski definition) is 3. The first-order valence-electron chi connectivity index (χ1n) is 1.62. The number of rotatable bonds is 2. The Morgan fingerprint density at radius 1 is 1.56 bits per heavy atom. The van der Waals surface area contributed by atoms with Gasteiger partial charge in [0.05, 0.1) is 5.75 Å². The SMILES string of the molecule is C=CCS(=O)(=O)O.F.N. The van der Waals surface area contributed by atoms with E-state index in [2.05, 4.69) is 6.58 Å². The van der Waals surface area contributed by atoms with Crippen LogP contribution in [0, 0.1) is 0 Å². The lowest BCUT2D eigenvalue weighted by Gasteiger charge is -1.82. The van der Waals surface area contributed by atoms with Crippen molar-refractivity contribution in [2.45, 2.75) is 0 Å². The molecular weight excluding hydrogens is 149 g/mol. The van der Waals surface area contributed by atoms with E-state index in [1.54, 1.807) is 0 Å². The van der Waals surface area contributed by atoms with Gasteiger partial charge in [-0.05, 0) is 0 Å². The molecule has 58 valence electrons. The van der Waals surface area contributed by atoms with Crippen molar-refractivity contribution in [3.8, 4) is 0 Å². The van der Waals surface area contributed by atoms with Gasteiger partial charge >= 0.3 is 0 Å². The topological polar surface area (TPSA) is 89.4 Å². The van der Waals surface area contributed by atoms with Crippen LogP contribution in [0.4, 0.5) is 4.70 Å². The predicted octanol–water partition coefficient (Wildman–Crippen LogP) is 0.375. The monoisotopic (exact) mass is 159 g/mol. The molecule has 0 amide bonds. The summed E-state index contributed by atoms with van der Waals surface area (Å²) in [6.45, 7) is 3.11. The van der Waals surface area contributed by atoms with E-state index in [0.29, 0.717) is 0 Å². The molecule has 0 unspecified atom stereocenters. The van der Waals surface area contributed by atoms with Gasteiger partial charge in [0.25, 0.3) is 10.1 Å². The van der Waals surface area contributed by atoms with Gasteiger partial charge in [0.1, 0.15) is 0 Å². The summed E-state index contributed by atoms with van der Waals surface area (Å²) in [6, 6.07) is 0. The molecule has 4 nitrogen and oxygen atoms in total. The third-order valence-corrected chi connectivity index (χ3v) is 0.985. The van der Waals surface area contributed by atoms with E-state index in [1.807, 2.05) is 0 Å². The van der Waals surface area contributed by atoms with Gasteiger partial charge in [-0.15, -0.1) is 6.58 Å². The Balaban J connectivity index is -0.000000180. The smallest absolute Gasteiger partial charge is 0.268 e. The van der Waals surface area contributed by atoms with E-state index in [9.17, 15) is 8.42 Å². The predicted molar refractivity (Wildman–Crippen MR) is 34.1 cm³/mol. The molecule has 0 aliphatic heterocycles. The van der Waals surface area contributed by atoms with Crippen LogP contribution in [0.15, 0.2) is 12.7 Å². The molecule has 0 aromatic carbocycles. The first-order chi connectivity index (χ1) is 3.06. The minimum atomic E-state index is -3.79. The second-order valence-corrected chi connectivity index (χ2v) is 2.53. The molecular formula is C3H10FNO3S. The molecule has 0 aliphatic rings. The van der Waals surface area contributed by atoms with Crippen molar-refractivity contribution in [1.29, 1.82) is 0 Å². The van der Waals surface area contributed by atoms with Crippen LogP contribution in [0.5, 0.6) is 0 Å². The van der Waals surface area contributed by atoms with Crippen LogP contribution >= 0.6 is 0 Å². The Labute approximate surface area is 53.3 Å². The molecule has 0 saturated carbocycles. The zero-order valence-electron chi connectivity index (χ0n) is 4.78. The van der Waals surface area contributed by atoms with Crippen LogP contribution in [0.3, 0.4) is 0 Å². The molecule has 6 heteroatoms. The molecule has 0 atom stereocenters. The minimum absolute atomic E-state index is 0. The lowest BCUT2D eigenvalue weighted by Crippen LogP contribution is -1.99. The Hall–Kier alpha value is -0.460. The van der Waals surface area contributed by atoms with Gasteiger partial charge < -0.3 is 6.15 Å². The van der Waals surface area contributed by atoms with E-state index in [0.717, 1.165) is 6.08 Å². The van der Waals surface area contributed by atoms with Crippen LogP contribution in [0.25, 0.3) is 0 Å². The summed E-state index contributed by atoms with van der Waals surface area (Å²) in [4.78, 5) is 0. The zero-order valence-corrected chi connectivity index (χ0v) is 5.60. The molecule has 0 aliphatic carbocycles. The highest BCUT2D eigenvalue weighted by Crippen LogP contribution is 1.78. The summed E-state index contributed by atoms with van der Waals surface area (Å²) in [5.74, 6) is -0.368. The van der Waals surface area contributed by atoms with Crippen LogP contribution < -0.4 is 6.15 Å². The van der Waals surface area contributed by atoms with E-state index in [4.69, 9.17) is 4.55 Å². The number of hydrogen-bond donors (Lipinski definition) is 2. The largest absolute Gasteiger partial charge is 0.344 e. The molecule has 0 spiro atoms. The summed E-state index contributed by atoms with van der Waals surface area (Å²) in [7, 11) is -3.79. The van der Waals surface area contributed by atoms with Crippen LogP contribution in [-0.2, 0) is 10.1 Å². The van der Waals surface area contributed by atoms with Crippen molar-refractivity contribution in [2.75, 3.05) is 5.75 Å². The first-order valence-corrected chi connectivity index (χ1v) is 3.23. The maximum absolute atomic E-state index is 9.72. The van der Waals surface area contributed by atoms with Gasteiger partial charge in [0, 0.05) is 0 Å². The highest BCUT2D eigenvalue weighted by Gasteiger charge is 1.95. The summed E-state index contributed by atoms with van der Waals surface area (Å²) in [5, 5.41) is 0. The third-order valence-electron chi connectivity index (χ3n) is 0.328. The van der Waals surface area contributed by atoms with Crippen LogP contribution in [-0.4, -0.2) is 18.7 Å². The molecule has 0 heterocycles. The molecule has 0 saturated heterocycles. The molecule has 0 bridgehead atoms. The fraction of sp³-hybridized carbons (Fsp3) is 0.333. The van der Waals surface area contributed by atoms with E-state index < -0.39 is 10.1 Å². The second-order valence-electron chi connectivity index (χ2n) is 1.04. The van der Waals surface area contributed by atoms with Gasteiger partial charge in [-0.1, -0.05) is 6.08 Å². The Morgan fingerprint density at radius 3 is 1.89 bits per heavy atom. The van der Waals surface area contributed by atoms with E-state index >= 15 is 0 Å². The maximum atomic E-state index is 9.72. The zero-order chi connectivity index (χ0) is 5.91. The minimum Gasteiger partial charge on any atom is -0.344 e. The summed E-state index contributed by atoms with van der Waals surface area (Å²) in [5.41, 5.74) is 0. The highest BCUT2D eigenvalue weighted by atomic mass is 32.2. The Morgan fingerprint density at radius 2 is 1.89 bits per heavy atom. The van der Waals surface area contributed by atoms with Crippen LogP contribution in [0.1, 0.15) is 0 Å². The van der Waals surface area contributed by atoms with Crippen molar-refractivity contribution >= 4 is 10.1 Å². The highest BCUT2D eigenvalue weighted by molar-refractivity contribution is 7.85. The van der Waals surface area contributed by atoms with E-state index in [-0.39, 0.29) is 16.6 Å².